The summed E-state index contributed by atoms with van der Waals surface area (Å²) in [7, 11) is -4.64. The van der Waals surface area contributed by atoms with E-state index in [2.05, 4.69) is 19.5 Å². The zero-order valence-electron chi connectivity index (χ0n) is 11.7. The second kappa shape index (κ2) is 5.67. The molecule has 23 heavy (non-hydrogen) atoms. The molecule has 12 nitrogen and oxygen atoms in total. The lowest BCUT2D eigenvalue weighted by atomic mass is 10.2. The first-order chi connectivity index (χ1) is 10.7. The molecule has 2 aromatic heterocycles. The second-order valence-corrected chi connectivity index (χ2v) is 6.25. The van der Waals surface area contributed by atoms with Gasteiger partial charge in [0.05, 0.1) is 19.0 Å². The Morgan fingerprint density at radius 2 is 2.17 bits per heavy atom. The SMILES string of the molecule is Nc1nc(N)c2ncn(C3CC(O)C(COP(=O)(O)O)O3)c2n1. The Morgan fingerprint density at radius 3 is 2.87 bits per heavy atom. The molecule has 0 aliphatic carbocycles. The summed E-state index contributed by atoms with van der Waals surface area (Å²) in [5.74, 6) is 0.0860. The van der Waals surface area contributed by atoms with Crippen LogP contribution >= 0.6 is 7.82 Å². The van der Waals surface area contributed by atoms with E-state index in [1.165, 1.54) is 10.9 Å². The molecule has 1 saturated heterocycles. The van der Waals surface area contributed by atoms with E-state index in [4.69, 9.17) is 26.0 Å². The summed E-state index contributed by atoms with van der Waals surface area (Å²) in [6.45, 7) is -0.451. The van der Waals surface area contributed by atoms with E-state index >= 15 is 0 Å². The number of aromatic nitrogens is 4. The molecule has 7 N–H and O–H groups in total. The van der Waals surface area contributed by atoms with Crippen molar-refractivity contribution in [2.75, 3.05) is 18.1 Å². The molecule has 13 heteroatoms. The van der Waals surface area contributed by atoms with Gasteiger partial charge in [-0.15, -0.1) is 0 Å². The van der Waals surface area contributed by atoms with Crippen molar-refractivity contribution < 1.29 is 28.7 Å². The normalized spacial score (nSPS) is 25.3. The summed E-state index contributed by atoms with van der Waals surface area (Å²) in [5, 5.41) is 9.96. The lowest BCUT2D eigenvalue weighted by Crippen LogP contribution is -2.25. The Balaban J connectivity index is 1.82. The fraction of sp³-hybridized carbons (Fsp3) is 0.500. The molecule has 3 unspecified atom stereocenters. The fourth-order valence-corrected chi connectivity index (χ4v) is 2.71. The summed E-state index contributed by atoms with van der Waals surface area (Å²) in [4.78, 5) is 29.3. The number of anilines is 2. The molecule has 1 fully saturated rings. The van der Waals surface area contributed by atoms with Gasteiger partial charge in [-0.05, 0) is 0 Å². The topological polar surface area (TPSA) is 192 Å². The first-order valence-corrected chi connectivity index (χ1v) is 8.07. The first-order valence-electron chi connectivity index (χ1n) is 6.54. The second-order valence-electron chi connectivity index (χ2n) is 5.01. The van der Waals surface area contributed by atoms with Crippen LogP contribution in [0.5, 0.6) is 0 Å². The molecular formula is C10H15N6O6P. The number of aliphatic hydroxyl groups is 1. The van der Waals surface area contributed by atoms with Crippen molar-refractivity contribution in [3.05, 3.63) is 6.33 Å². The van der Waals surface area contributed by atoms with Gasteiger partial charge in [0, 0.05) is 6.42 Å². The number of nitrogens with zero attached hydrogens (tertiary/aromatic N) is 4. The smallest absolute Gasteiger partial charge is 0.390 e. The highest BCUT2D eigenvalue weighted by Crippen LogP contribution is 2.38. The molecule has 0 saturated carbocycles. The molecular weight excluding hydrogens is 331 g/mol. The largest absolute Gasteiger partial charge is 0.469 e. The van der Waals surface area contributed by atoms with E-state index in [9.17, 15) is 9.67 Å². The first kappa shape index (κ1) is 16.1. The molecule has 2 aromatic rings. The summed E-state index contributed by atoms with van der Waals surface area (Å²) in [6.07, 6.45) is -0.959. The Bertz CT molecular complexity index is 777. The molecule has 0 aromatic carbocycles. The maximum atomic E-state index is 10.7. The predicted octanol–water partition coefficient (Wildman–Crippen LogP) is -1.25. The van der Waals surface area contributed by atoms with Crippen LogP contribution < -0.4 is 11.5 Å². The van der Waals surface area contributed by atoms with Gasteiger partial charge >= 0.3 is 7.82 Å². The number of rotatable bonds is 4. The summed E-state index contributed by atoms with van der Waals surface area (Å²) >= 11 is 0. The predicted molar refractivity (Wildman–Crippen MR) is 76.7 cm³/mol. The van der Waals surface area contributed by atoms with Crippen LogP contribution in [0.4, 0.5) is 11.8 Å². The number of phosphoric ester groups is 1. The fourth-order valence-electron chi connectivity index (χ4n) is 2.37. The molecule has 0 radical (unpaired) electrons. The Kier molecular flexibility index (Phi) is 3.96. The number of hydrogen-bond acceptors (Lipinski definition) is 9. The molecule has 0 bridgehead atoms. The highest BCUT2D eigenvalue weighted by Gasteiger charge is 2.37. The zero-order chi connectivity index (χ0) is 16.8. The number of hydrogen-bond donors (Lipinski definition) is 5. The van der Waals surface area contributed by atoms with Gasteiger partial charge in [-0.25, -0.2) is 9.55 Å². The van der Waals surface area contributed by atoms with Crippen LogP contribution in [0.15, 0.2) is 6.33 Å². The van der Waals surface area contributed by atoms with E-state index < -0.39 is 32.9 Å². The number of nitrogens with two attached hydrogens (primary N) is 2. The maximum Gasteiger partial charge on any atom is 0.469 e. The van der Waals surface area contributed by atoms with E-state index in [1.807, 2.05) is 0 Å². The molecule has 3 heterocycles. The van der Waals surface area contributed by atoms with Crippen LogP contribution in [0.25, 0.3) is 11.2 Å². The molecule has 1 aliphatic heterocycles. The van der Waals surface area contributed by atoms with Crippen molar-refractivity contribution in [3.8, 4) is 0 Å². The van der Waals surface area contributed by atoms with Crippen LogP contribution in [0.1, 0.15) is 12.6 Å². The molecule has 126 valence electrons. The van der Waals surface area contributed by atoms with Gasteiger partial charge in [0.2, 0.25) is 5.95 Å². The molecule has 3 atom stereocenters. The average molecular weight is 346 g/mol. The van der Waals surface area contributed by atoms with Gasteiger partial charge in [0.1, 0.15) is 17.8 Å². The average Bonchev–Trinajstić information content (AvgIpc) is 2.99. The van der Waals surface area contributed by atoms with Crippen molar-refractivity contribution in [3.63, 3.8) is 0 Å². The van der Waals surface area contributed by atoms with E-state index in [1.54, 1.807) is 0 Å². The van der Waals surface area contributed by atoms with Crippen LogP contribution in [0.2, 0.25) is 0 Å². The van der Waals surface area contributed by atoms with Gasteiger partial charge in [-0.2, -0.15) is 9.97 Å². The van der Waals surface area contributed by atoms with E-state index in [0.717, 1.165) is 0 Å². The zero-order valence-corrected chi connectivity index (χ0v) is 12.6. The third kappa shape index (κ3) is 3.27. The van der Waals surface area contributed by atoms with E-state index in [-0.39, 0.29) is 18.2 Å². The lowest BCUT2D eigenvalue weighted by molar-refractivity contribution is -0.0424. The number of phosphoric acid groups is 1. The van der Waals surface area contributed by atoms with Crippen molar-refractivity contribution in [2.45, 2.75) is 24.9 Å². The van der Waals surface area contributed by atoms with Crippen LogP contribution in [0, 0.1) is 0 Å². The monoisotopic (exact) mass is 346 g/mol. The van der Waals surface area contributed by atoms with Crippen molar-refractivity contribution in [1.29, 1.82) is 0 Å². The third-order valence-corrected chi connectivity index (χ3v) is 3.87. The molecule has 0 amide bonds. The highest BCUT2D eigenvalue weighted by atomic mass is 31.2. The summed E-state index contributed by atoms with van der Waals surface area (Å²) < 4.78 is 22.2. The Labute approximate surface area is 129 Å². The van der Waals surface area contributed by atoms with E-state index in [0.29, 0.717) is 11.2 Å². The van der Waals surface area contributed by atoms with Crippen LogP contribution in [-0.4, -0.2) is 53.2 Å². The standard InChI is InChI=1S/C10H15N6O6P/c11-8-7-9(15-10(12)14-8)16(3-13-7)6-1-4(17)5(22-6)2-21-23(18,19)20/h3-6,17H,1-2H2,(H2,18,19,20)(H4,11,12,14,15). The minimum atomic E-state index is -4.64. The Morgan fingerprint density at radius 1 is 1.43 bits per heavy atom. The minimum Gasteiger partial charge on any atom is -0.390 e. The van der Waals surface area contributed by atoms with Crippen LogP contribution in [-0.2, 0) is 13.8 Å². The van der Waals surface area contributed by atoms with Gasteiger partial charge in [0.25, 0.3) is 0 Å². The summed E-state index contributed by atoms with van der Waals surface area (Å²) in [5.41, 5.74) is 12.0. The Hall–Kier alpha value is -1.82. The third-order valence-electron chi connectivity index (χ3n) is 3.39. The van der Waals surface area contributed by atoms with Gasteiger partial charge in [-0.3, -0.25) is 9.09 Å². The van der Waals surface area contributed by atoms with Gasteiger partial charge in [-0.1, -0.05) is 0 Å². The van der Waals surface area contributed by atoms with Crippen LogP contribution in [0.3, 0.4) is 0 Å². The highest BCUT2D eigenvalue weighted by molar-refractivity contribution is 7.46. The quantitative estimate of drug-likeness (QED) is 0.415. The van der Waals surface area contributed by atoms with Gasteiger partial charge < -0.3 is 31.1 Å². The molecule has 0 spiro atoms. The van der Waals surface area contributed by atoms with Crippen molar-refractivity contribution >= 4 is 30.8 Å². The molecule has 1 aliphatic rings. The molecule has 3 rings (SSSR count). The number of ether oxygens (including phenoxy) is 1. The van der Waals surface area contributed by atoms with Crippen molar-refractivity contribution in [1.82, 2.24) is 19.5 Å². The minimum absolute atomic E-state index is 0.0309. The number of nitrogen functional groups attached to an aromatic ring is 2. The lowest BCUT2D eigenvalue weighted by Gasteiger charge is -2.16. The maximum absolute atomic E-state index is 10.7. The number of fused-ring (bicyclic) bond motifs is 1. The number of imidazole rings is 1. The van der Waals surface area contributed by atoms with Crippen molar-refractivity contribution in [2.24, 2.45) is 0 Å². The number of aliphatic hydroxyl groups excluding tert-OH is 1. The summed E-state index contributed by atoms with van der Waals surface area (Å²) in [6, 6.07) is 0. The van der Waals surface area contributed by atoms with Gasteiger partial charge in [0.15, 0.2) is 11.5 Å².